The second kappa shape index (κ2) is 3.25. The van der Waals surface area contributed by atoms with Gasteiger partial charge in [-0.15, -0.1) is 0 Å². The van der Waals surface area contributed by atoms with Crippen molar-refractivity contribution in [2.75, 3.05) is 0 Å². The van der Waals surface area contributed by atoms with Crippen LogP contribution in [0.15, 0.2) is 23.3 Å². The molecule has 0 saturated heterocycles. The molecule has 0 amide bonds. The third-order valence-corrected chi connectivity index (χ3v) is 1.95. The van der Waals surface area contributed by atoms with Crippen LogP contribution in [0.3, 0.4) is 0 Å². The lowest BCUT2D eigenvalue weighted by molar-refractivity contribution is -0.0893. The lowest BCUT2D eigenvalue weighted by Crippen LogP contribution is -2.15. The van der Waals surface area contributed by atoms with Crippen LogP contribution in [0.5, 0.6) is 0 Å². The molecule has 1 rings (SSSR count). The fourth-order valence-electron chi connectivity index (χ4n) is 1.29. The average Bonchev–Trinajstić information content (AvgIpc) is 2.01. The molecule has 1 nitrogen and oxygen atoms in total. The van der Waals surface area contributed by atoms with Gasteiger partial charge in [-0.25, -0.2) is 0 Å². The van der Waals surface area contributed by atoms with E-state index in [1.165, 1.54) is 13.0 Å². The van der Waals surface area contributed by atoms with Crippen molar-refractivity contribution in [1.29, 1.82) is 5.26 Å². The fraction of sp³-hybridized carbons (Fsp3) is 0.444. The topological polar surface area (TPSA) is 23.8 Å². The van der Waals surface area contributed by atoms with Gasteiger partial charge in [-0.2, -0.15) is 18.4 Å². The molecule has 1 atom stereocenters. The maximum atomic E-state index is 12.2. The lowest BCUT2D eigenvalue weighted by Gasteiger charge is -2.17. The van der Waals surface area contributed by atoms with Crippen LogP contribution in [0.1, 0.15) is 13.3 Å². The summed E-state index contributed by atoms with van der Waals surface area (Å²) in [6.45, 7) is 1.41. The van der Waals surface area contributed by atoms with Gasteiger partial charge < -0.3 is 0 Å². The van der Waals surface area contributed by atoms with Crippen LogP contribution >= 0.6 is 0 Å². The molecule has 0 radical (unpaired) electrons. The molecular formula is C9H8F3N. The van der Waals surface area contributed by atoms with Crippen molar-refractivity contribution in [2.45, 2.75) is 19.5 Å². The molecule has 0 fully saturated rings. The molecule has 0 aliphatic heterocycles. The second-order valence-electron chi connectivity index (χ2n) is 2.99. The van der Waals surface area contributed by atoms with Crippen molar-refractivity contribution in [2.24, 2.45) is 5.92 Å². The lowest BCUT2D eigenvalue weighted by atomic mass is 9.91. The first kappa shape index (κ1) is 9.85. The molecule has 70 valence electrons. The van der Waals surface area contributed by atoms with E-state index in [4.69, 9.17) is 5.26 Å². The van der Waals surface area contributed by atoms with Crippen molar-refractivity contribution >= 4 is 0 Å². The molecule has 0 aromatic rings. The molecule has 1 unspecified atom stereocenters. The van der Waals surface area contributed by atoms with Crippen molar-refractivity contribution in [3.8, 4) is 6.07 Å². The highest BCUT2D eigenvalue weighted by Crippen LogP contribution is 2.34. The van der Waals surface area contributed by atoms with Gasteiger partial charge >= 0.3 is 6.18 Å². The third kappa shape index (κ3) is 2.11. The molecule has 0 saturated carbocycles. The van der Waals surface area contributed by atoms with Crippen LogP contribution in [-0.2, 0) is 0 Å². The Balaban J connectivity index is 2.93. The van der Waals surface area contributed by atoms with E-state index in [0.717, 1.165) is 6.08 Å². The highest BCUT2D eigenvalue weighted by molar-refractivity contribution is 5.34. The summed E-state index contributed by atoms with van der Waals surface area (Å²) < 4.78 is 36.7. The van der Waals surface area contributed by atoms with Gasteiger partial charge in [0.15, 0.2) is 0 Å². The van der Waals surface area contributed by atoms with Gasteiger partial charge in [0.05, 0.1) is 17.6 Å². The monoisotopic (exact) mass is 187 g/mol. The third-order valence-electron chi connectivity index (χ3n) is 1.95. The van der Waals surface area contributed by atoms with E-state index in [1.54, 1.807) is 0 Å². The van der Waals surface area contributed by atoms with E-state index in [1.807, 2.05) is 6.07 Å². The Morgan fingerprint density at radius 2 is 2.15 bits per heavy atom. The number of nitrogens with zero attached hydrogens (tertiary/aromatic N) is 1. The first-order chi connectivity index (χ1) is 5.95. The Labute approximate surface area is 74.2 Å². The second-order valence-corrected chi connectivity index (χ2v) is 2.99. The number of halogens is 3. The van der Waals surface area contributed by atoms with E-state index in [9.17, 15) is 13.2 Å². The molecule has 4 heteroatoms. The Kier molecular flexibility index (Phi) is 2.46. The first-order valence-corrected chi connectivity index (χ1v) is 3.80. The van der Waals surface area contributed by atoms with Crippen LogP contribution in [0, 0.1) is 17.2 Å². The predicted molar refractivity (Wildman–Crippen MR) is 41.6 cm³/mol. The zero-order chi connectivity index (χ0) is 10.1. The van der Waals surface area contributed by atoms with Crippen LogP contribution in [-0.4, -0.2) is 6.18 Å². The van der Waals surface area contributed by atoms with Gasteiger partial charge in [-0.05, 0) is 13.3 Å². The molecule has 0 heterocycles. The predicted octanol–water partition coefficient (Wildman–Crippen LogP) is 2.96. The Morgan fingerprint density at radius 3 is 2.54 bits per heavy atom. The van der Waals surface area contributed by atoms with Crippen LogP contribution in [0.2, 0.25) is 0 Å². The number of rotatable bonds is 0. The molecule has 13 heavy (non-hydrogen) atoms. The smallest absolute Gasteiger partial charge is 0.198 e. The Morgan fingerprint density at radius 1 is 1.54 bits per heavy atom. The highest BCUT2D eigenvalue weighted by Gasteiger charge is 2.35. The molecule has 0 aromatic carbocycles. The van der Waals surface area contributed by atoms with Crippen molar-refractivity contribution in [3.05, 3.63) is 23.3 Å². The van der Waals surface area contributed by atoms with Gasteiger partial charge in [0.2, 0.25) is 0 Å². The normalized spacial score (nSPS) is 23.2. The summed E-state index contributed by atoms with van der Waals surface area (Å²) in [6.07, 6.45) is -1.81. The summed E-state index contributed by atoms with van der Waals surface area (Å²) >= 11 is 0. The average molecular weight is 187 g/mol. The number of nitriles is 1. The molecule has 0 aromatic heterocycles. The van der Waals surface area contributed by atoms with E-state index in [0.29, 0.717) is 0 Å². The summed E-state index contributed by atoms with van der Waals surface area (Å²) in [5, 5.41) is 8.49. The summed E-state index contributed by atoms with van der Waals surface area (Å²) in [5.41, 5.74) is -0.374. The van der Waals surface area contributed by atoms with E-state index in [-0.39, 0.29) is 12.0 Å². The van der Waals surface area contributed by atoms with Crippen LogP contribution in [0.4, 0.5) is 13.2 Å². The van der Waals surface area contributed by atoms with Gasteiger partial charge in [0.1, 0.15) is 0 Å². The summed E-state index contributed by atoms with van der Waals surface area (Å²) in [7, 11) is 0. The largest absolute Gasteiger partial charge is 0.416 e. The number of alkyl halides is 3. The minimum Gasteiger partial charge on any atom is -0.198 e. The minimum absolute atomic E-state index is 0.182. The fourth-order valence-corrected chi connectivity index (χ4v) is 1.29. The molecule has 0 spiro atoms. The number of hydrogen-bond donors (Lipinski definition) is 0. The zero-order valence-electron chi connectivity index (χ0n) is 7.02. The maximum absolute atomic E-state index is 12.2. The van der Waals surface area contributed by atoms with Gasteiger partial charge in [0.25, 0.3) is 0 Å². The maximum Gasteiger partial charge on any atom is 0.416 e. The Hall–Kier alpha value is -1.24. The van der Waals surface area contributed by atoms with E-state index in [2.05, 4.69) is 0 Å². The van der Waals surface area contributed by atoms with Gasteiger partial charge in [-0.1, -0.05) is 17.7 Å². The zero-order valence-corrected chi connectivity index (χ0v) is 7.02. The molecule has 1 aliphatic carbocycles. The van der Waals surface area contributed by atoms with E-state index >= 15 is 0 Å². The number of hydrogen-bond acceptors (Lipinski definition) is 1. The van der Waals surface area contributed by atoms with Crippen LogP contribution < -0.4 is 0 Å². The summed E-state index contributed by atoms with van der Waals surface area (Å²) in [5.74, 6) is -0.411. The Bertz CT molecular complexity index is 304. The van der Waals surface area contributed by atoms with Crippen molar-refractivity contribution < 1.29 is 13.2 Å². The van der Waals surface area contributed by atoms with Gasteiger partial charge in [-0.3, -0.25) is 0 Å². The minimum atomic E-state index is -4.29. The molecule has 0 N–H and O–H groups in total. The van der Waals surface area contributed by atoms with E-state index < -0.39 is 17.7 Å². The number of allylic oxidation sites excluding steroid dienone is 4. The van der Waals surface area contributed by atoms with Crippen molar-refractivity contribution in [3.63, 3.8) is 0 Å². The molecule has 0 bridgehead atoms. The molecule has 1 aliphatic rings. The highest BCUT2D eigenvalue weighted by atomic mass is 19.4. The quantitative estimate of drug-likeness (QED) is 0.572. The standard InChI is InChI=1S/C9H8F3N/c1-6-4-7(5-13)2-3-8(6)9(10,11)12/h2-3,7H,4H2,1H3. The summed E-state index contributed by atoms with van der Waals surface area (Å²) in [6, 6.07) is 1.92. The van der Waals surface area contributed by atoms with Gasteiger partial charge in [0, 0.05) is 0 Å². The first-order valence-electron chi connectivity index (χ1n) is 3.80. The summed E-state index contributed by atoms with van der Waals surface area (Å²) in [4.78, 5) is 0. The molecular weight excluding hydrogens is 179 g/mol. The van der Waals surface area contributed by atoms with Crippen molar-refractivity contribution in [1.82, 2.24) is 0 Å². The van der Waals surface area contributed by atoms with Crippen LogP contribution in [0.25, 0.3) is 0 Å². The SMILES string of the molecule is CC1=C(C(F)(F)F)C=CC(C#N)C1.